The van der Waals surface area contributed by atoms with Gasteiger partial charge in [-0.25, -0.2) is 4.98 Å². The summed E-state index contributed by atoms with van der Waals surface area (Å²) in [6.07, 6.45) is 1.75. The standard InChI is InChI=1S/C22H19N3O2/c1-14(21-23-13-19(25-21)15-7-3-2-4-8-15)24-22(27)18-11-16-9-5-6-10-17(16)12-20(18)26/h2-14,26H,1H3,(H,23,25)(H,24,27). The number of phenols is 1. The number of carbonyl (C=O) groups excluding carboxylic acids is 1. The molecule has 4 aromatic rings. The lowest BCUT2D eigenvalue weighted by atomic mass is 10.1. The molecule has 0 radical (unpaired) electrons. The Morgan fingerprint density at radius 2 is 1.70 bits per heavy atom. The minimum atomic E-state index is -0.344. The number of rotatable bonds is 4. The Balaban J connectivity index is 1.55. The molecule has 0 aliphatic carbocycles. The van der Waals surface area contributed by atoms with Crippen LogP contribution in [0.1, 0.15) is 29.1 Å². The van der Waals surface area contributed by atoms with Crippen molar-refractivity contribution in [3.05, 3.63) is 84.3 Å². The Bertz CT molecular complexity index is 1100. The maximum Gasteiger partial charge on any atom is 0.255 e. The fourth-order valence-corrected chi connectivity index (χ4v) is 3.07. The molecule has 0 aliphatic rings. The molecular formula is C22H19N3O2. The second-order valence-electron chi connectivity index (χ2n) is 6.46. The second-order valence-corrected chi connectivity index (χ2v) is 6.46. The van der Waals surface area contributed by atoms with E-state index >= 15 is 0 Å². The number of nitrogens with one attached hydrogen (secondary N) is 2. The number of aromatic amines is 1. The van der Waals surface area contributed by atoms with Crippen molar-refractivity contribution in [2.75, 3.05) is 0 Å². The predicted octanol–water partition coefficient (Wildman–Crippen LogP) is 4.43. The van der Waals surface area contributed by atoms with Crippen LogP contribution in [0.3, 0.4) is 0 Å². The SMILES string of the molecule is CC(NC(=O)c1cc2ccccc2cc1O)c1ncc(-c2ccccc2)[nH]1. The number of imidazole rings is 1. The zero-order chi connectivity index (χ0) is 18.8. The van der Waals surface area contributed by atoms with Crippen molar-refractivity contribution in [3.63, 3.8) is 0 Å². The van der Waals surface area contributed by atoms with Crippen LogP contribution in [-0.4, -0.2) is 21.0 Å². The highest BCUT2D eigenvalue weighted by molar-refractivity contribution is 6.01. The maximum atomic E-state index is 12.7. The number of hydrogen-bond donors (Lipinski definition) is 3. The van der Waals surface area contributed by atoms with Crippen LogP contribution < -0.4 is 5.32 Å². The van der Waals surface area contributed by atoms with Gasteiger partial charge < -0.3 is 15.4 Å². The van der Waals surface area contributed by atoms with Crippen LogP contribution in [0.15, 0.2) is 72.9 Å². The zero-order valence-corrected chi connectivity index (χ0v) is 14.8. The number of phenolic OH excluding ortho intramolecular Hbond substituents is 1. The van der Waals surface area contributed by atoms with Gasteiger partial charge in [0.05, 0.1) is 23.5 Å². The molecule has 1 unspecified atom stereocenters. The van der Waals surface area contributed by atoms with Gasteiger partial charge in [0.1, 0.15) is 11.6 Å². The Kier molecular flexibility index (Phi) is 4.34. The number of benzene rings is 3. The van der Waals surface area contributed by atoms with Gasteiger partial charge in [-0.15, -0.1) is 0 Å². The number of nitrogens with zero attached hydrogens (tertiary/aromatic N) is 1. The summed E-state index contributed by atoms with van der Waals surface area (Å²) in [5.74, 6) is 0.272. The molecule has 0 saturated carbocycles. The molecule has 0 bridgehead atoms. The molecule has 27 heavy (non-hydrogen) atoms. The third-order valence-corrected chi connectivity index (χ3v) is 4.55. The summed E-state index contributed by atoms with van der Waals surface area (Å²) in [5, 5.41) is 14.9. The normalized spacial score (nSPS) is 12.0. The Morgan fingerprint density at radius 3 is 2.44 bits per heavy atom. The summed E-state index contributed by atoms with van der Waals surface area (Å²) >= 11 is 0. The highest BCUT2D eigenvalue weighted by atomic mass is 16.3. The molecule has 1 aromatic heterocycles. The van der Waals surface area contributed by atoms with Crippen LogP contribution in [0.4, 0.5) is 0 Å². The van der Waals surface area contributed by atoms with Crippen LogP contribution in [0.25, 0.3) is 22.0 Å². The summed E-state index contributed by atoms with van der Waals surface area (Å²) in [6.45, 7) is 1.85. The van der Waals surface area contributed by atoms with Crippen molar-refractivity contribution in [1.29, 1.82) is 0 Å². The first-order valence-electron chi connectivity index (χ1n) is 8.75. The van der Waals surface area contributed by atoms with Gasteiger partial charge in [0, 0.05) is 0 Å². The van der Waals surface area contributed by atoms with E-state index in [0.29, 0.717) is 5.82 Å². The lowest BCUT2D eigenvalue weighted by molar-refractivity contribution is 0.0936. The van der Waals surface area contributed by atoms with Gasteiger partial charge in [-0.3, -0.25) is 4.79 Å². The molecule has 0 fully saturated rings. The van der Waals surface area contributed by atoms with E-state index in [0.717, 1.165) is 22.0 Å². The third-order valence-electron chi connectivity index (χ3n) is 4.55. The van der Waals surface area contributed by atoms with E-state index in [1.807, 2.05) is 61.5 Å². The van der Waals surface area contributed by atoms with E-state index in [1.165, 1.54) is 0 Å². The molecule has 0 spiro atoms. The van der Waals surface area contributed by atoms with E-state index in [2.05, 4.69) is 15.3 Å². The summed E-state index contributed by atoms with van der Waals surface area (Å²) in [5.41, 5.74) is 2.16. The van der Waals surface area contributed by atoms with Crippen molar-refractivity contribution >= 4 is 16.7 Å². The number of amides is 1. The maximum absolute atomic E-state index is 12.7. The minimum Gasteiger partial charge on any atom is -0.507 e. The van der Waals surface area contributed by atoms with Crippen LogP contribution in [0.5, 0.6) is 5.75 Å². The van der Waals surface area contributed by atoms with Crippen LogP contribution >= 0.6 is 0 Å². The Morgan fingerprint density at radius 1 is 1.04 bits per heavy atom. The first-order chi connectivity index (χ1) is 13.1. The molecule has 0 aliphatic heterocycles. The molecule has 3 N–H and O–H groups in total. The summed E-state index contributed by atoms with van der Waals surface area (Å²) in [6, 6.07) is 20.4. The average Bonchev–Trinajstić information content (AvgIpc) is 3.18. The van der Waals surface area contributed by atoms with Gasteiger partial charge in [0.15, 0.2) is 0 Å². The molecule has 1 amide bonds. The van der Waals surface area contributed by atoms with Gasteiger partial charge in [-0.2, -0.15) is 0 Å². The van der Waals surface area contributed by atoms with Gasteiger partial charge >= 0.3 is 0 Å². The van der Waals surface area contributed by atoms with Crippen molar-refractivity contribution in [1.82, 2.24) is 15.3 Å². The third kappa shape index (κ3) is 3.40. The van der Waals surface area contributed by atoms with Gasteiger partial charge in [0.2, 0.25) is 0 Å². The molecule has 3 aromatic carbocycles. The lowest BCUT2D eigenvalue weighted by Crippen LogP contribution is -2.27. The van der Waals surface area contributed by atoms with Gasteiger partial charge in [-0.05, 0) is 35.4 Å². The molecule has 0 saturated heterocycles. The molecule has 1 heterocycles. The van der Waals surface area contributed by atoms with Crippen LogP contribution in [0, 0.1) is 0 Å². The van der Waals surface area contributed by atoms with Crippen molar-refractivity contribution in [2.24, 2.45) is 0 Å². The number of aromatic nitrogens is 2. The lowest BCUT2D eigenvalue weighted by Gasteiger charge is -2.13. The smallest absolute Gasteiger partial charge is 0.255 e. The summed E-state index contributed by atoms with van der Waals surface area (Å²) in [7, 11) is 0. The number of H-pyrrole nitrogens is 1. The van der Waals surface area contributed by atoms with Crippen LogP contribution in [0.2, 0.25) is 0 Å². The fraction of sp³-hybridized carbons (Fsp3) is 0.0909. The molecule has 134 valence electrons. The van der Waals surface area contributed by atoms with E-state index in [-0.39, 0.29) is 23.3 Å². The molecular weight excluding hydrogens is 338 g/mol. The van der Waals surface area contributed by atoms with E-state index in [9.17, 15) is 9.90 Å². The summed E-state index contributed by atoms with van der Waals surface area (Å²) < 4.78 is 0. The molecule has 5 heteroatoms. The highest BCUT2D eigenvalue weighted by Crippen LogP contribution is 2.26. The van der Waals surface area contributed by atoms with E-state index in [4.69, 9.17) is 0 Å². The molecule has 4 rings (SSSR count). The van der Waals surface area contributed by atoms with Crippen molar-refractivity contribution < 1.29 is 9.90 Å². The largest absolute Gasteiger partial charge is 0.507 e. The minimum absolute atomic E-state index is 0.0391. The first-order valence-corrected chi connectivity index (χ1v) is 8.75. The Hall–Kier alpha value is -3.60. The Labute approximate surface area is 156 Å². The second kappa shape index (κ2) is 6.96. The monoisotopic (exact) mass is 357 g/mol. The van der Waals surface area contributed by atoms with Crippen molar-refractivity contribution in [3.8, 4) is 17.0 Å². The number of carbonyl (C=O) groups is 1. The van der Waals surface area contributed by atoms with Gasteiger partial charge in [0.25, 0.3) is 5.91 Å². The van der Waals surface area contributed by atoms with Crippen LogP contribution in [-0.2, 0) is 0 Å². The number of aromatic hydroxyl groups is 1. The van der Waals surface area contributed by atoms with E-state index in [1.54, 1.807) is 18.3 Å². The fourth-order valence-electron chi connectivity index (χ4n) is 3.07. The van der Waals surface area contributed by atoms with Crippen molar-refractivity contribution in [2.45, 2.75) is 13.0 Å². The predicted molar refractivity (Wildman–Crippen MR) is 106 cm³/mol. The number of fused-ring (bicyclic) bond motifs is 1. The molecule has 1 atom stereocenters. The van der Waals surface area contributed by atoms with E-state index < -0.39 is 0 Å². The summed E-state index contributed by atoms with van der Waals surface area (Å²) in [4.78, 5) is 20.3. The van der Waals surface area contributed by atoms with Gasteiger partial charge in [-0.1, -0.05) is 54.6 Å². The molecule has 5 nitrogen and oxygen atoms in total. The average molecular weight is 357 g/mol. The zero-order valence-electron chi connectivity index (χ0n) is 14.8. The topological polar surface area (TPSA) is 78.0 Å². The first kappa shape index (κ1) is 16.8. The quantitative estimate of drug-likeness (QED) is 0.506. The number of hydrogen-bond acceptors (Lipinski definition) is 3. The highest BCUT2D eigenvalue weighted by Gasteiger charge is 2.17.